The molecule has 1 aromatic heterocycles. The van der Waals surface area contributed by atoms with Gasteiger partial charge < -0.3 is 5.32 Å². The van der Waals surface area contributed by atoms with E-state index < -0.39 is 0 Å². The Bertz CT molecular complexity index is 295. The van der Waals surface area contributed by atoms with Crippen LogP contribution in [0.4, 0.5) is 0 Å². The third-order valence-corrected chi connectivity index (χ3v) is 2.86. The quantitative estimate of drug-likeness (QED) is 0.822. The van der Waals surface area contributed by atoms with Gasteiger partial charge in [0, 0.05) is 18.8 Å². The average Bonchev–Trinajstić information content (AvgIpc) is 2.15. The maximum Gasteiger partial charge on any atom is 0.0541 e. The summed E-state index contributed by atoms with van der Waals surface area (Å²) in [6.07, 6.45) is 1.92. The van der Waals surface area contributed by atoms with E-state index in [9.17, 15) is 0 Å². The van der Waals surface area contributed by atoms with Gasteiger partial charge in [-0.1, -0.05) is 26.8 Å². The molecule has 0 saturated heterocycles. The average molecular weight is 206 g/mol. The van der Waals surface area contributed by atoms with Crippen LogP contribution >= 0.6 is 0 Å². The van der Waals surface area contributed by atoms with Crippen molar-refractivity contribution < 1.29 is 0 Å². The van der Waals surface area contributed by atoms with Crippen LogP contribution in [0.3, 0.4) is 0 Å². The number of pyridine rings is 1. The zero-order valence-electron chi connectivity index (χ0n) is 10.5. The van der Waals surface area contributed by atoms with Crippen LogP contribution in [0.1, 0.15) is 39.0 Å². The van der Waals surface area contributed by atoms with Crippen molar-refractivity contribution in [1.29, 1.82) is 0 Å². The van der Waals surface area contributed by atoms with Gasteiger partial charge in [-0.2, -0.15) is 0 Å². The molecule has 15 heavy (non-hydrogen) atoms. The van der Waals surface area contributed by atoms with Crippen molar-refractivity contribution in [2.45, 2.75) is 47.2 Å². The van der Waals surface area contributed by atoms with Gasteiger partial charge >= 0.3 is 0 Å². The van der Waals surface area contributed by atoms with Crippen molar-refractivity contribution in [3.8, 4) is 0 Å². The normalized spacial score (nSPS) is 13.9. The van der Waals surface area contributed by atoms with Crippen molar-refractivity contribution in [1.82, 2.24) is 10.3 Å². The molecule has 0 saturated carbocycles. The summed E-state index contributed by atoms with van der Waals surface area (Å²) in [4.78, 5) is 4.37. The second kappa shape index (κ2) is 4.75. The molecule has 0 amide bonds. The van der Waals surface area contributed by atoms with Crippen molar-refractivity contribution in [3.05, 3.63) is 29.6 Å². The van der Waals surface area contributed by atoms with E-state index in [4.69, 9.17) is 0 Å². The summed E-state index contributed by atoms with van der Waals surface area (Å²) in [6.45, 7) is 11.8. The Labute approximate surface area is 93.1 Å². The van der Waals surface area contributed by atoms with Gasteiger partial charge in [0.1, 0.15) is 0 Å². The number of nitrogens with zero attached hydrogens (tertiary/aromatic N) is 1. The van der Waals surface area contributed by atoms with Gasteiger partial charge in [-0.25, -0.2) is 0 Å². The molecule has 0 aliphatic heterocycles. The second-order valence-corrected chi connectivity index (χ2v) is 5.30. The molecule has 0 aliphatic carbocycles. The predicted octanol–water partition coefficient (Wildman–Crippen LogP) is 2.91. The summed E-state index contributed by atoms with van der Waals surface area (Å²) in [7, 11) is 0. The highest BCUT2D eigenvalue weighted by atomic mass is 14.9. The minimum absolute atomic E-state index is 0.296. The molecule has 0 spiro atoms. The van der Waals surface area contributed by atoms with Crippen LogP contribution in [0.15, 0.2) is 18.3 Å². The number of aryl methyl sites for hydroxylation is 1. The van der Waals surface area contributed by atoms with Gasteiger partial charge in [-0.15, -0.1) is 0 Å². The molecule has 0 aromatic carbocycles. The van der Waals surface area contributed by atoms with E-state index in [-0.39, 0.29) is 0 Å². The van der Waals surface area contributed by atoms with Crippen molar-refractivity contribution in [2.75, 3.05) is 0 Å². The predicted molar refractivity (Wildman–Crippen MR) is 64.7 cm³/mol. The zero-order valence-corrected chi connectivity index (χ0v) is 10.5. The summed E-state index contributed by atoms with van der Waals surface area (Å²) in [5.41, 5.74) is 2.62. The van der Waals surface area contributed by atoms with Crippen LogP contribution in [0.5, 0.6) is 0 Å². The molecule has 1 unspecified atom stereocenters. The van der Waals surface area contributed by atoms with E-state index >= 15 is 0 Å². The number of rotatable bonds is 3. The lowest BCUT2D eigenvalue weighted by Gasteiger charge is -2.28. The fourth-order valence-corrected chi connectivity index (χ4v) is 1.17. The van der Waals surface area contributed by atoms with Gasteiger partial charge in [-0.3, -0.25) is 4.98 Å². The summed E-state index contributed by atoms with van der Waals surface area (Å²) < 4.78 is 0. The van der Waals surface area contributed by atoms with Gasteiger partial charge in [0.15, 0.2) is 0 Å². The first-order valence-electron chi connectivity index (χ1n) is 5.54. The van der Waals surface area contributed by atoms with E-state index in [1.54, 1.807) is 0 Å². The lowest BCUT2D eigenvalue weighted by molar-refractivity contribution is 0.284. The maximum absolute atomic E-state index is 4.37. The molecule has 0 aliphatic rings. The molecule has 0 bridgehead atoms. The smallest absolute Gasteiger partial charge is 0.0541 e. The van der Waals surface area contributed by atoms with Crippen LogP contribution < -0.4 is 5.32 Å². The minimum atomic E-state index is 0.296. The topological polar surface area (TPSA) is 24.9 Å². The third-order valence-electron chi connectivity index (χ3n) is 2.86. The lowest BCUT2D eigenvalue weighted by atomic mass is 9.88. The number of hydrogen-bond donors (Lipinski definition) is 1. The van der Waals surface area contributed by atoms with Gasteiger partial charge in [-0.05, 0) is 30.9 Å². The number of aromatic nitrogens is 1. The monoisotopic (exact) mass is 206 g/mol. The van der Waals surface area contributed by atoms with Crippen LogP contribution in [0.25, 0.3) is 0 Å². The Morgan fingerprint density at radius 1 is 1.33 bits per heavy atom. The number of nitrogens with one attached hydrogen (secondary N) is 1. The summed E-state index contributed by atoms with van der Waals surface area (Å²) in [6, 6.07) is 4.67. The van der Waals surface area contributed by atoms with E-state index in [1.165, 1.54) is 5.56 Å². The highest BCUT2D eigenvalue weighted by Gasteiger charge is 2.18. The Hall–Kier alpha value is -0.890. The Balaban J connectivity index is 2.47. The van der Waals surface area contributed by atoms with E-state index in [0.29, 0.717) is 11.5 Å². The minimum Gasteiger partial charge on any atom is -0.308 e. The first-order chi connectivity index (χ1) is 6.89. The molecule has 84 valence electrons. The largest absolute Gasteiger partial charge is 0.308 e. The highest BCUT2D eigenvalue weighted by molar-refractivity contribution is 5.12. The Kier molecular flexibility index (Phi) is 3.86. The molecule has 0 fully saturated rings. The second-order valence-electron chi connectivity index (χ2n) is 5.30. The van der Waals surface area contributed by atoms with E-state index in [2.05, 4.69) is 57.1 Å². The molecule has 1 aromatic rings. The molecular weight excluding hydrogens is 184 g/mol. The first kappa shape index (κ1) is 12.2. The van der Waals surface area contributed by atoms with Gasteiger partial charge in [0.2, 0.25) is 0 Å². The van der Waals surface area contributed by atoms with Crippen molar-refractivity contribution >= 4 is 0 Å². The Morgan fingerprint density at radius 2 is 2.00 bits per heavy atom. The van der Waals surface area contributed by atoms with Crippen LogP contribution in [0.2, 0.25) is 0 Å². The van der Waals surface area contributed by atoms with Crippen LogP contribution in [-0.2, 0) is 6.54 Å². The van der Waals surface area contributed by atoms with Gasteiger partial charge in [0.05, 0.1) is 5.69 Å². The van der Waals surface area contributed by atoms with E-state index in [0.717, 1.165) is 12.2 Å². The Morgan fingerprint density at radius 3 is 2.47 bits per heavy atom. The van der Waals surface area contributed by atoms with Crippen molar-refractivity contribution in [2.24, 2.45) is 5.41 Å². The van der Waals surface area contributed by atoms with Crippen LogP contribution in [0, 0.1) is 12.3 Å². The molecular formula is C13H22N2. The molecule has 2 nitrogen and oxygen atoms in total. The first-order valence-corrected chi connectivity index (χ1v) is 5.54. The summed E-state index contributed by atoms with van der Waals surface area (Å²) in [5, 5.41) is 3.50. The molecule has 1 rings (SSSR count). The van der Waals surface area contributed by atoms with Crippen LogP contribution in [-0.4, -0.2) is 11.0 Å². The maximum atomic E-state index is 4.37. The summed E-state index contributed by atoms with van der Waals surface area (Å²) in [5.74, 6) is 0. The fraction of sp³-hybridized carbons (Fsp3) is 0.615. The molecule has 1 heterocycles. The molecule has 2 heteroatoms. The standard InChI is InChI=1S/C13H22N2/c1-10-6-7-12(15-8-10)9-14-11(2)13(3,4)5/h6-8,11,14H,9H2,1-5H3. The fourth-order valence-electron chi connectivity index (χ4n) is 1.17. The molecule has 0 radical (unpaired) electrons. The third kappa shape index (κ3) is 4.00. The number of hydrogen-bond acceptors (Lipinski definition) is 2. The molecule has 1 atom stereocenters. The van der Waals surface area contributed by atoms with Crippen molar-refractivity contribution in [3.63, 3.8) is 0 Å². The summed E-state index contributed by atoms with van der Waals surface area (Å²) >= 11 is 0. The zero-order chi connectivity index (χ0) is 11.5. The highest BCUT2D eigenvalue weighted by Crippen LogP contribution is 2.18. The molecule has 1 N–H and O–H groups in total. The lowest BCUT2D eigenvalue weighted by Crippen LogP contribution is -2.37. The van der Waals surface area contributed by atoms with Gasteiger partial charge in [0.25, 0.3) is 0 Å². The SMILES string of the molecule is Cc1ccc(CNC(C)C(C)(C)C)nc1. The van der Waals surface area contributed by atoms with E-state index in [1.807, 2.05) is 6.20 Å².